The van der Waals surface area contributed by atoms with E-state index in [4.69, 9.17) is 9.84 Å². The quantitative estimate of drug-likeness (QED) is 0.837. The smallest absolute Gasteiger partial charge is 0.341 e. The van der Waals surface area contributed by atoms with Crippen molar-refractivity contribution < 1.29 is 14.6 Å². The molecule has 0 aliphatic heterocycles. The summed E-state index contributed by atoms with van der Waals surface area (Å²) in [5.41, 5.74) is -1.20. The highest BCUT2D eigenvalue weighted by Crippen LogP contribution is 2.31. The number of hydrogen-bond acceptors (Lipinski definition) is 3. The number of aliphatic carboxylic acids is 1. The second kappa shape index (κ2) is 4.11. The van der Waals surface area contributed by atoms with Crippen LogP contribution in [0.2, 0.25) is 0 Å². The second-order valence-corrected chi connectivity index (χ2v) is 4.47. The van der Waals surface area contributed by atoms with Gasteiger partial charge in [-0.3, -0.25) is 0 Å². The van der Waals surface area contributed by atoms with Crippen LogP contribution in [0.4, 0.5) is 0 Å². The van der Waals surface area contributed by atoms with Crippen LogP contribution in [0.15, 0.2) is 12.1 Å². The second-order valence-electron chi connectivity index (χ2n) is 3.18. The summed E-state index contributed by atoms with van der Waals surface area (Å²) in [5, 5.41) is 9.11. The van der Waals surface area contributed by atoms with Crippen LogP contribution in [0.3, 0.4) is 0 Å². The van der Waals surface area contributed by atoms with E-state index in [-0.39, 0.29) is 0 Å². The Morgan fingerprint density at radius 2 is 2.29 bits per heavy atom. The summed E-state index contributed by atoms with van der Waals surface area (Å²) >= 11 is 1.46. The Morgan fingerprint density at radius 1 is 1.64 bits per heavy atom. The lowest BCUT2D eigenvalue weighted by Gasteiger charge is -2.23. The molecule has 0 bridgehead atoms. The van der Waals surface area contributed by atoms with Gasteiger partial charge in [0.15, 0.2) is 5.60 Å². The number of carbonyl (C=O) groups is 1. The molecule has 14 heavy (non-hydrogen) atoms. The van der Waals surface area contributed by atoms with Crippen molar-refractivity contribution in [3.8, 4) is 0 Å². The number of thiophene rings is 1. The Hall–Kier alpha value is -0.870. The average molecular weight is 214 g/mol. The molecular weight excluding hydrogens is 200 g/mol. The van der Waals surface area contributed by atoms with Crippen molar-refractivity contribution in [3.63, 3.8) is 0 Å². The van der Waals surface area contributed by atoms with Crippen LogP contribution in [0, 0.1) is 6.92 Å². The van der Waals surface area contributed by atoms with Crippen molar-refractivity contribution in [3.05, 3.63) is 21.9 Å². The third-order valence-electron chi connectivity index (χ3n) is 2.05. The van der Waals surface area contributed by atoms with E-state index >= 15 is 0 Å². The fourth-order valence-corrected chi connectivity index (χ4v) is 2.18. The number of hydrogen-bond donors (Lipinski definition) is 1. The topological polar surface area (TPSA) is 46.5 Å². The zero-order valence-electron chi connectivity index (χ0n) is 8.53. The Bertz CT molecular complexity index is 332. The lowest BCUT2D eigenvalue weighted by Crippen LogP contribution is -2.34. The van der Waals surface area contributed by atoms with Crippen LogP contribution in [0.25, 0.3) is 0 Å². The zero-order valence-corrected chi connectivity index (χ0v) is 9.35. The number of rotatable bonds is 4. The summed E-state index contributed by atoms with van der Waals surface area (Å²) in [7, 11) is 0. The Kier molecular flexibility index (Phi) is 3.29. The number of carboxylic acid groups (broad SMARTS) is 1. The van der Waals surface area contributed by atoms with E-state index in [1.807, 2.05) is 19.1 Å². The molecule has 1 rings (SSSR count). The van der Waals surface area contributed by atoms with Gasteiger partial charge in [0.05, 0.1) is 0 Å². The van der Waals surface area contributed by atoms with E-state index in [2.05, 4.69) is 0 Å². The van der Waals surface area contributed by atoms with Gasteiger partial charge in [-0.15, -0.1) is 11.3 Å². The molecule has 0 aliphatic carbocycles. The molecule has 0 fully saturated rings. The SMILES string of the molecule is CCOC(C)(C(=O)O)c1ccc(C)s1. The summed E-state index contributed by atoms with van der Waals surface area (Å²) in [6.07, 6.45) is 0. The van der Waals surface area contributed by atoms with Gasteiger partial charge in [0.1, 0.15) is 0 Å². The molecule has 0 aromatic carbocycles. The zero-order chi connectivity index (χ0) is 10.8. The largest absolute Gasteiger partial charge is 0.479 e. The minimum Gasteiger partial charge on any atom is -0.479 e. The molecule has 3 nitrogen and oxygen atoms in total. The van der Waals surface area contributed by atoms with E-state index in [9.17, 15) is 4.79 Å². The predicted octanol–water partition coefficient (Wildman–Crippen LogP) is 2.39. The first-order chi connectivity index (χ1) is 6.50. The van der Waals surface area contributed by atoms with E-state index < -0.39 is 11.6 Å². The van der Waals surface area contributed by atoms with Crippen LogP contribution >= 0.6 is 11.3 Å². The van der Waals surface area contributed by atoms with Crippen molar-refractivity contribution in [2.75, 3.05) is 6.61 Å². The average Bonchev–Trinajstić information content (AvgIpc) is 2.52. The Morgan fingerprint density at radius 3 is 2.64 bits per heavy atom. The standard InChI is InChI=1S/C10H14O3S/c1-4-13-10(3,9(11)12)8-6-5-7(2)14-8/h5-6H,4H2,1-3H3,(H,11,12). The van der Waals surface area contributed by atoms with Gasteiger partial charge in [-0.1, -0.05) is 0 Å². The van der Waals surface area contributed by atoms with Crippen LogP contribution < -0.4 is 0 Å². The molecular formula is C10H14O3S. The van der Waals surface area contributed by atoms with Crippen LogP contribution in [-0.4, -0.2) is 17.7 Å². The normalized spacial score (nSPS) is 15.1. The molecule has 4 heteroatoms. The molecule has 1 unspecified atom stereocenters. The van der Waals surface area contributed by atoms with Crippen molar-refractivity contribution in [1.29, 1.82) is 0 Å². The minimum atomic E-state index is -1.20. The first-order valence-electron chi connectivity index (χ1n) is 4.45. The molecule has 0 aliphatic rings. The molecule has 0 spiro atoms. The molecule has 1 aromatic rings. The lowest BCUT2D eigenvalue weighted by atomic mass is 10.1. The first kappa shape index (κ1) is 11.2. The van der Waals surface area contributed by atoms with Crippen molar-refractivity contribution >= 4 is 17.3 Å². The maximum absolute atomic E-state index is 11.1. The van der Waals surface area contributed by atoms with E-state index in [0.717, 1.165) is 9.75 Å². The van der Waals surface area contributed by atoms with Gasteiger partial charge in [0.2, 0.25) is 0 Å². The highest BCUT2D eigenvalue weighted by Gasteiger charge is 2.37. The molecule has 78 valence electrons. The third-order valence-corrected chi connectivity index (χ3v) is 3.26. The number of ether oxygens (including phenoxy) is 1. The summed E-state index contributed by atoms with van der Waals surface area (Å²) < 4.78 is 5.30. The Labute approximate surface area is 87.3 Å². The van der Waals surface area contributed by atoms with Gasteiger partial charge < -0.3 is 9.84 Å². The number of aryl methyl sites for hydroxylation is 1. The maximum Gasteiger partial charge on any atom is 0.341 e. The molecule has 1 atom stereocenters. The Balaban J connectivity index is 3.05. The molecule has 0 amide bonds. The first-order valence-corrected chi connectivity index (χ1v) is 5.26. The van der Waals surface area contributed by atoms with Gasteiger partial charge in [-0.2, -0.15) is 0 Å². The predicted molar refractivity (Wildman–Crippen MR) is 55.7 cm³/mol. The van der Waals surface area contributed by atoms with Crippen LogP contribution in [-0.2, 0) is 15.1 Å². The van der Waals surface area contributed by atoms with Crippen LogP contribution in [0.5, 0.6) is 0 Å². The van der Waals surface area contributed by atoms with Gasteiger partial charge >= 0.3 is 5.97 Å². The number of carboxylic acids is 1. The van der Waals surface area contributed by atoms with Gasteiger partial charge in [0.25, 0.3) is 0 Å². The van der Waals surface area contributed by atoms with E-state index in [1.165, 1.54) is 11.3 Å². The summed E-state index contributed by atoms with van der Waals surface area (Å²) in [6.45, 7) is 5.72. The maximum atomic E-state index is 11.1. The van der Waals surface area contributed by atoms with Gasteiger partial charge in [0, 0.05) is 16.4 Å². The molecule has 1 heterocycles. The monoisotopic (exact) mass is 214 g/mol. The van der Waals surface area contributed by atoms with Gasteiger partial charge in [-0.25, -0.2) is 4.79 Å². The van der Waals surface area contributed by atoms with Crippen molar-refractivity contribution in [2.24, 2.45) is 0 Å². The highest BCUT2D eigenvalue weighted by molar-refractivity contribution is 7.12. The molecule has 1 N–H and O–H groups in total. The molecule has 0 saturated carbocycles. The third kappa shape index (κ3) is 1.96. The van der Waals surface area contributed by atoms with Crippen LogP contribution in [0.1, 0.15) is 23.6 Å². The van der Waals surface area contributed by atoms with Gasteiger partial charge in [-0.05, 0) is 32.9 Å². The lowest BCUT2D eigenvalue weighted by molar-refractivity contribution is -0.164. The summed E-state index contributed by atoms with van der Waals surface area (Å²) in [6, 6.07) is 3.71. The molecule has 0 radical (unpaired) electrons. The summed E-state index contributed by atoms with van der Waals surface area (Å²) in [4.78, 5) is 12.9. The van der Waals surface area contributed by atoms with Crippen molar-refractivity contribution in [2.45, 2.75) is 26.4 Å². The van der Waals surface area contributed by atoms with Crippen molar-refractivity contribution in [1.82, 2.24) is 0 Å². The summed E-state index contributed by atoms with van der Waals surface area (Å²) in [5.74, 6) is -0.943. The molecule has 1 aromatic heterocycles. The molecule has 0 saturated heterocycles. The fourth-order valence-electron chi connectivity index (χ4n) is 1.22. The van der Waals surface area contributed by atoms with E-state index in [1.54, 1.807) is 13.8 Å². The van der Waals surface area contributed by atoms with E-state index in [0.29, 0.717) is 6.61 Å². The fraction of sp³-hybridized carbons (Fsp3) is 0.500. The highest BCUT2D eigenvalue weighted by atomic mass is 32.1. The minimum absolute atomic E-state index is 0.389.